The van der Waals surface area contributed by atoms with E-state index in [1.54, 1.807) is 101 Å². The highest BCUT2D eigenvalue weighted by atomic mass is 33.1. The summed E-state index contributed by atoms with van der Waals surface area (Å²) in [5.74, 6) is -16.6. The van der Waals surface area contributed by atoms with Crippen LogP contribution < -0.4 is 58.9 Å². The lowest BCUT2D eigenvalue weighted by atomic mass is 9.86. The number of aliphatic hydroxyl groups is 2. The van der Waals surface area contributed by atoms with Gasteiger partial charge in [0, 0.05) is 107 Å². The van der Waals surface area contributed by atoms with E-state index in [1.807, 2.05) is 0 Å². The second-order valence-electron chi connectivity index (χ2n) is 32.1. The van der Waals surface area contributed by atoms with Crippen LogP contribution in [0.3, 0.4) is 0 Å². The Morgan fingerprint density at radius 1 is 0.614 bits per heavy atom. The zero-order valence-electron chi connectivity index (χ0n) is 71.0. The number of nitrogens with one attached hydrogen (secondary N) is 11. The number of aryl methyl sites for hydroxylation is 1. The van der Waals surface area contributed by atoms with Gasteiger partial charge < -0.3 is 117 Å². The molecule has 4 heterocycles. The fourth-order valence-electron chi connectivity index (χ4n) is 14.1. The van der Waals surface area contributed by atoms with Gasteiger partial charge >= 0.3 is 30.9 Å². The number of phenols is 1. The van der Waals surface area contributed by atoms with Crippen molar-refractivity contribution in [1.29, 1.82) is 0 Å². The number of quaternary nitrogens is 1. The van der Waals surface area contributed by atoms with Gasteiger partial charge in [0.15, 0.2) is 6.04 Å². The predicted octanol–water partition coefficient (Wildman–Crippen LogP) is -2.89. The van der Waals surface area contributed by atoms with Crippen molar-refractivity contribution in [3.8, 4) is 5.75 Å². The fourth-order valence-corrected chi connectivity index (χ4v) is 16.4. The lowest BCUT2D eigenvalue weighted by Gasteiger charge is -2.33. The molecule has 0 saturated carbocycles. The molecule has 0 spiro atoms. The van der Waals surface area contributed by atoms with Crippen LogP contribution in [0.5, 0.6) is 5.75 Å². The molecule has 3 aromatic carbocycles. The highest BCUT2D eigenvalue weighted by molar-refractivity contribution is 8.76. The number of halogens is 3. The molecule has 7 rings (SSSR count). The molecular weight excluding hydrogens is 1710 g/mol. The number of aliphatic hydroxyl groups excluding tert-OH is 2. The molecule has 0 unspecified atom stereocenters. The van der Waals surface area contributed by atoms with Gasteiger partial charge in [-0.3, -0.25) is 86.6 Å². The van der Waals surface area contributed by atoms with E-state index < -0.39 is 207 Å². The summed E-state index contributed by atoms with van der Waals surface area (Å²) in [4.78, 5) is 206. The number of carbonyl (C=O) groups excluding carboxylic acids is 10. The Balaban J connectivity index is 1.21. The number of hydrogen-bond donors (Lipinski definition) is 19. The van der Waals surface area contributed by atoms with E-state index in [9.17, 15) is 96.6 Å². The zero-order valence-corrected chi connectivity index (χ0v) is 72.7. The Bertz CT molecular complexity index is 4490. The first-order valence-electron chi connectivity index (χ1n) is 41.6. The average molecular weight is 1830 g/mol. The smallest absolute Gasteiger partial charge is 0.483 e. The average Bonchev–Trinajstić information content (AvgIpc) is 1.50. The molecule has 2 saturated heterocycles. The third-order valence-electron chi connectivity index (χ3n) is 21.0. The van der Waals surface area contributed by atoms with Crippen LogP contribution in [0.2, 0.25) is 6.32 Å². The predicted molar refractivity (Wildman–Crippen MR) is 460 cm³/mol. The molecule has 127 heavy (non-hydrogen) atoms. The van der Waals surface area contributed by atoms with E-state index in [1.165, 1.54) is 28.9 Å². The maximum Gasteiger partial charge on any atom is 0.483 e. The molecule has 0 aliphatic carbocycles. The van der Waals surface area contributed by atoms with Gasteiger partial charge in [0.25, 0.3) is 0 Å². The van der Waals surface area contributed by atoms with Crippen molar-refractivity contribution in [3.05, 3.63) is 114 Å². The number of nitrogens with two attached hydrogens (primary N) is 1. The van der Waals surface area contributed by atoms with E-state index in [-0.39, 0.29) is 140 Å². The fraction of sp³-hybridized carbons (Fsp3) is 0.550. The molecule has 11 atom stereocenters. The Labute approximate surface area is 738 Å². The summed E-state index contributed by atoms with van der Waals surface area (Å²) in [6.45, 7) is -4.82. The quantitative estimate of drug-likeness (QED) is 0.00810. The lowest BCUT2D eigenvalue weighted by Crippen LogP contribution is -2.62. The number of aromatic nitrogens is 4. The number of carboxylic acid groups (broad SMARTS) is 4. The number of carbonyl (C=O) groups is 14. The topological polar surface area (TPSA) is 586 Å². The van der Waals surface area contributed by atoms with E-state index in [0.717, 1.165) is 35.4 Å². The van der Waals surface area contributed by atoms with Crippen LogP contribution in [0.1, 0.15) is 74.8 Å². The maximum absolute atomic E-state index is 15.5. The Morgan fingerprint density at radius 3 is 1.76 bits per heavy atom. The number of amides is 10. The molecule has 698 valence electrons. The first-order valence-corrected chi connectivity index (χ1v) is 44.1. The normalized spacial score (nSPS) is 20.2. The van der Waals surface area contributed by atoms with Gasteiger partial charge in [0.2, 0.25) is 59.1 Å². The molecule has 2 aliphatic rings. The maximum atomic E-state index is 15.5. The summed E-state index contributed by atoms with van der Waals surface area (Å²) >= 11 is 0. The molecular formula is C80H116BF3N20O21S2. The lowest BCUT2D eigenvalue weighted by molar-refractivity contribution is -0.902. The van der Waals surface area contributed by atoms with Crippen molar-refractivity contribution in [3.63, 3.8) is 0 Å². The highest BCUT2D eigenvalue weighted by Gasteiger charge is 2.39. The number of hydrogen-bond acceptors (Lipinski definition) is 26. The number of para-hydroxylation sites is 1. The van der Waals surface area contributed by atoms with Crippen LogP contribution in [0.4, 0.5) is 12.9 Å². The second kappa shape index (κ2) is 51.1. The van der Waals surface area contributed by atoms with E-state index in [2.05, 4.69) is 68.5 Å². The SMILES string of the molecule is C[C@@H](O)[C@H](NC(=O)[C@H]1CSSC[C@@H](NC(=O)[C@@H](Cc2ccccc2)NC(=O)CNC(=O)[C@@H](CCCCn2cc(C[N+](C)(C)CC[B-](F)(F)F)nn2)NC(=O)CN2CCN(CC(=O)O)CCN(CC(=O)O)CCN(CC(=O)O)CC2)C(=O)N[C@@H](Cc2ccc(O)cc2)C(=O)N[C@H](Cc2c[nH]c3ccccc23)C(=O)N[C@@H](CCCCN)C(=O)N[C@@H]([C@@H](C)O)C(=O)N1)C(=O)O. The van der Waals surface area contributed by atoms with Crippen LogP contribution in [0.25, 0.3) is 10.9 Å². The van der Waals surface area contributed by atoms with E-state index in [0.29, 0.717) is 39.7 Å². The molecule has 0 radical (unpaired) electrons. The minimum Gasteiger partial charge on any atom is -0.508 e. The molecule has 2 aliphatic heterocycles. The monoisotopic (exact) mass is 1820 g/mol. The van der Waals surface area contributed by atoms with Crippen LogP contribution in [0, 0.1) is 0 Å². The molecule has 0 bridgehead atoms. The van der Waals surface area contributed by atoms with E-state index >= 15 is 19.2 Å². The summed E-state index contributed by atoms with van der Waals surface area (Å²) in [6, 6.07) is 5.46. The second-order valence-corrected chi connectivity index (χ2v) is 34.7. The largest absolute Gasteiger partial charge is 0.508 e. The van der Waals surface area contributed by atoms with Crippen LogP contribution in [0.15, 0.2) is 91.3 Å². The minimum absolute atomic E-state index is 0.0186. The number of aliphatic carboxylic acids is 4. The summed E-state index contributed by atoms with van der Waals surface area (Å²) < 4.78 is 41.2. The Morgan fingerprint density at radius 2 is 1.17 bits per heavy atom. The highest BCUT2D eigenvalue weighted by Crippen LogP contribution is 2.26. The van der Waals surface area contributed by atoms with Crippen molar-refractivity contribution in [2.45, 2.75) is 158 Å². The van der Waals surface area contributed by atoms with Gasteiger partial charge in [-0.25, -0.2) is 4.79 Å². The van der Waals surface area contributed by atoms with Gasteiger partial charge in [-0.05, 0) is 100 Å². The number of phenolic OH excluding ortho intramolecular Hbond substituents is 1. The first kappa shape index (κ1) is 103. The number of aromatic amines is 1. The third kappa shape index (κ3) is 36.7. The number of carboxylic acids is 4. The van der Waals surface area contributed by atoms with Crippen molar-refractivity contribution in [2.75, 3.05) is 124 Å². The molecule has 20 N–H and O–H groups in total. The standard InChI is InChI=1S/C80H116BF3N20O21S2/c1-49(105)70-79(123)94-64(78(122)96-71(50(2)106)80(124)125)48-127-126-47-63(77(121)91-61(37-52-20-22-55(107)23-21-52)75(119)92-62(38-53-39-86-57-17-9-8-16-56(53)57)76(120)90-59(73(117)95-70)18-10-12-25-85)93-74(118)60(36-51-14-6-5-7-15-51)89-65(108)40-87-72(116)58(19-11-13-26-103-41-54(97-98-103)46-104(3,4)35-24-81(82,83)84)88-66(109)42-99-27-29-100(43-67(110)111)31-33-102(45-69(114)115)34-32-101(30-28-99)44-68(112)113/h5-9,14-17,20-23,39,41,49-50,58-64,70-71,86,105-107H,10-13,18-19,24-38,40,42-48,85H2,1-4H3,(H,87,116)(H,88,109)(H,89,108)(H,90,120)(H,91,121)(H,92,119)(H,93,118)(H,94,123)(H,95,117)(H,96,122)(H,110,111)(H,112,113)(H,114,115)(H,124,125)/t49-,50-,58-,59+,60-,61+,62-,63-,64-,70+,71+/m1/s1. The van der Waals surface area contributed by atoms with Gasteiger partial charge in [-0.2, -0.15) is 0 Å². The van der Waals surface area contributed by atoms with E-state index in [4.69, 9.17) is 5.73 Å². The summed E-state index contributed by atoms with van der Waals surface area (Å²) in [7, 11) is 4.80. The number of aromatic hydroxyl groups is 1. The molecule has 5 aromatic rings. The van der Waals surface area contributed by atoms with Crippen LogP contribution >= 0.6 is 21.6 Å². The van der Waals surface area contributed by atoms with Crippen molar-refractivity contribution in [1.82, 2.24) is 92.7 Å². The van der Waals surface area contributed by atoms with Gasteiger partial charge in [0.1, 0.15) is 66.3 Å². The molecule has 2 fully saturated rings. The van der Waals surface area contributed by atoms with Crippen LogP contribution in [-0.4, -0.2) is 360 Å². The van der Waals surface area contributed by atoms with Gasteiger partial charge in [-0.15, -0.1) is 5.10 Å². The number of nitrogens with zero attached hydrogens (tertiary/aromatic N) is 8. The Hall–Kier alpha value is -11.0. The molecule has 41 nitrogen and oxygen atoms in total. The number of H-pyrrole nitrogens is 1. The number of rotatable bonds is 40. The third-order valence-corrected chi connectivity index (χ3v) is 23.4. The number of fused-ring (bicyclic) bond motifs is 1. The summed E-state index contributed by atoms with van der Waals surface area (Å²) in [6.07, 6.45) is -1.40. The van der Waals surface area contributed by atoms with Crippen molar-refractivity contribution >= 4 is 122 Å². The molecule has 10 amide bonds. The number of unbranched alkanes of at least 4 members (excludes halogenated alkanes) is 2. The molecule has 2 aromatic heterocycles. The molecule has 47 heteroatoms. The summed E-state index contributed by atoms with van der Waals surface area (Å²) in [5.41, 5.74) is 8.18. The van der Waals surface area contributed by atoms with Crippen molar-refractivity contribution < 1.29 is 120 Å². The minimum atomic E-state index is -5.05. The first-order chi connectivity index (χ1) is 60.2. The van der Waals surface area contributed by atoms with Crippen molar-refractivity contribution in [2.24, 2.45) is 5.73 Å². The van der Waals surface area contributed by atoms with Crippen LogP contribution in [-0.2, 0) is 99.5 Å². The number of benzene rings is 3. The zero-order chi connectivity index (χ0) is 93.1. The summed E-state index contributed by atoms with van der Waals surface area (Å²) in [5, 5.41) is 106. The Kier molecular flexibility index (Phi) is 41.4. The van der Waals surface area contributed by atoms with Gasteiger partial charge in [0.05, 0.1) is 71.8 Å². The van der Waals surface area contributed by atoms with Gasteiger partial charge in [-0.1, -0.05) is 87.5 Å².